The predicted octanol–water partition coefficient (Wildman–Crippen LogP) is 2.73. The molecule has 0 bridgehead atoms. The average molecular weight is 338 g/mol. The second-order valence-corrected chi connectivity index (χ2v) is 5.37. The number of carbonyl (C=O) groups excluding carboxylic acids is 1. The first-order valence-electron chi connectivity index (χ1n) is 6.14. The number of aromatic amines is 1. The minimum absolute atomic E-state index is 0.170. The van der Waals surface area contributed by atoms with Crippen LogP contribution < -0.4 is 10.1 Å². The van der Waals surface area contributed by atoms with Crippen LogP contribution in [0.1, 0.15) is 27.6 Å². The zero-order valence-electron chi connectivity index (χ0n) is 11.6. The van der Waals surface area contributed by atoms with E-state index in [-0.39, 0.29) is 5.91 Å². The maximum absolute atomic E-state index is 12.1. The van der Waals surface area contributed by atoms with Gasteiger partial charge < -0.3 is 15.0 Å². The van der Waals surface area contributed by atoms with Gasteiger partial charge in [0.2, 0.25) is 0 Å². The molecule has 0 saturated heterocycles. The molecule has 1 aromatic carbocycles. The van der Waals surface area contributed by atoms with Crippen molar-refractivity contribution >= 4 is 21.8 Å². The van der Waals surface area contributed by atoms with Crippen LogP contribution in [0.3, 0.4) is 0 Å². The summed E-state index contributed by atoms with van der Waals surface area (Å²) in [5, 5.41) is 2.83. The molecular formula is C14H16BrN3O2. The van der Waals surface area contributed by atoms with Crippen LogP contribution in [0.4, 0.5) is 0 Å². The second kappa shape index (κ2) is 6.09. The van der Waals surface area contributed by atoms with Crippen LogP contribution in [0, 0.1) is 13.8 Å². The first kappa shape index (κ1) is 14.6. The highest BCUT2D eigenvalue weighted by Gasteiger charge is 2.10. The number of nitrogens with zero attached hydrogens (tertiary/aromatic N) is 1. The molecule has 106 valence electrons. The van der Waals surface area contributed by atoms with Gasteiger partial charge in [0, 0.05) is 15.7 Å². The third-order valence-corrected chi connectivity index (χ3v) is 3.42. The lowest BCUT2D eigenvalue weighted by atomic mass is 10.2. The first-order chi connectivity index (χ1) is 9.49. The third kappa shape index (κ3) is 3.39. The van der Waals surface area contributed by atoms with E-state index in [1.54, 1.807) is 25.3 Å². The number of imidazole rings is 1. The minimum Gasteiger partial charge on any atom is -0.497 e. The standard InChI is InChI=1S/C14H16BrN3O2/c1-8-9(2)18-13(17-8)7-16-14(19)10-4-11(15)6-12(5-10)20-3/h4-6H,7H2,1-3H3,(H,16,19)(H,17,18). The van der Waals surface area contributed by atoms with Crippen molar-refractivity contribution in [3.05, 3.63) is 45.4 Å². The third-order valence-electron chi connectivity index (χ3n) is 2.96. The van der Waals surface area contributed by atoms with Gasteiger partial charge in [-0.1, -0.05) is 15.9 Å². The van der Waals surface area contributed by atoms with Gasteiger partial charge in [0.1, 0.15) is 11.6 Å². The number of amides is 1. The van der Waals surface area contributed by atoms with Crippen LogP contribution in [-0.2, 0) is 6.54 Å². The molecule has 0 atom stereocenters. The lowest BCUT2D eigenvalue weighted by Gasteiger charge is -2.06. The number of ether oxygens (including phenoxy) is 1. The van der Waals surface area contributed by atoms with Crippen molar-refractivity contribution in [3.63, 3.8) is 0 Å². The number of hydrogen-bond donors (Lipinski definition) is 2. The van der Waals surface area contributed by atoms with E-state index in [9.17, 15) is 4.79 Å². The number of carbonyl (C=O) groups is 1. The van der Waals surface area contributed by atoms with Gasteiger partial charge in [-0.2, -0.15) is 0 Å². The van der Waals surface area contributed by atoms with Gasteiger partial charge in [-0.15, -0.1) is 0 Å². The van der Waals surface area contributed by atoms with Crippen molar-refractivity contribution in [1.82, 2.24) is 15.3 Å². The molecule has 1 amide bonds. The topological polar surface area (TPSA) is 67.0 Å². The molecule has 0 fully saturated rings. The average Bonchev–Trinajstić information content (AvgIpc) is 2.74. The van der Waals surface area contributed by atoms with Crippen LogP contribution in [-0.4, -0.2) is 23.0 Å². The van der Waals surface area contributed by atoms with Crippen molar-refractivity contribution in [2.75, 3.05) is 7.11 Å². The fourth-order valence-corrected chi connectivity index (χ4v) is 2.25. The molecule has 20 heavy (non-hydrogen) atoms. The molecule has 2 aromatic rings. The summed E-state index contributed by atoms with van der Waals surface area (Å²) in [4.78, 5) is 19.5. The van der Waals surface area contributed by atoms with Crippen molar-refractivity contribution in [2.45, 2.75) is 20.4 Å². The number of aromatic nitrogens is 2. The summed E-state index contributed by atoms with van der Waals surface area (Å²) in [5.41, 5.74) is 2.49. The Hall–Kier alpha value is -1.82. The molecule has 0 radical (unpaired) electrons. The maximum Gasteiger partial charge on any atom is 0.251 e. The molecule has 2 rings (SSSR count). The normalized spacial score (nSPS) is 10.4. The molecular weight excluding hydrogens is 322 g/mol. The number of benzene rings is 1. The van der Waals surface area contributed by atoms with Gasteiger partial charge in [-0.3, -0.25) is 4.79 Å². The molecule has 0 unspecified atom stereocenters. The summed E-state index contributed by atoms with van der Waals surface area (Å²) in [7, 11) is 1.57. The van der Waals surface area contributed by atoms with Crippen LogP contribution in [0.15, 0.2) is 22.7 Å². The summed E-state index contributed by atoms with van der Waals surface area (Å²) in [5.74, 6) is 1.21. The van der Waals surface area contributed by atoms with Gasteiger partial charge in [0.05, 0.1) is 19.3 Å². The Morgan fingerprint density at radius 2 is 2.15 bits per heavy atom. The zero-order chi connectivity index (χ0) is 14.7. The SMILES string of the molecule is COc1cc(Br)cc(C(=O)NCc2nc(C)c(C)[nH]2)c1. The number of aryl methyl sites for hydroxylation is 2. The van der Waals surface area contributed by atoms with E-state index in [1.807, 2.05) is 13.8 Å². The summed E-state index contributed by atoms with van der Waals surface area (Å²) in [6, 6.07) is 5.24. The van der Waals surface area contributed by atoms with Gasteiger partial charge in [0.25, 0.3) is 5.91 Å². The molecule has 0 aliphatic rings. The van der Waals surface area contributed by atoms with Crippen LogP contribution in [0.2, 0.25) is 0 Å². The Morgan fingerprint density at radius 3 is 2.75 bits per heavy atom. The molecule has 5 nitrogen and oxygen atoms in total. The molecule has 1 heterocycles. The van der Waals surface area contributed by atoms with Crippen molar-refractivity contribution < 1.29 is 9.53 Å². The van der Waals surface area contributed by atoms with Gasteiger partial charge in [0.15, 0.2) is 0 Å². The number of halogens is 1. The van der Waals surface area contributed by atoms with Gasteiger partial charge in [-0.25, -0.2) is 4.98 Å². The van der Waals surface area contributed by atoms with E-state index in [2.05, 4.69) is 31.2 Å². The number of hydrogen-bond acceptors (Lipinski definition) is 3. The number of methoxy groups -OCH3 is 1. The lowest BCUT2D eigenvalue weighted by Crippen LogP contribution is -2.23. The molecule has 0 aliphatic carbocycles. The Kier molecular flexibility index (Phi) is 4.44. The summed E-state index contributed by atoms with van der Waals surface area (Å²) < 4.78 is 5.94. The van der Waals surface area contributed by atoms with E-state index >= 15 is 0 Å². The highest BCUT2D eigenvalue weighted by Crippen LogP contribution is 2.21. The predicted molar refractivity (Wildman–Crippen MR) is 79.9 cm³/mol. The van der Waals surface area contributed by atoms with Crippen molar-refractivity contribution in [3.8, 4) is 5.75 Å². The van der Waals surface area contributed by atoms with Crippen LogP contribution in [0.25, 0.3) is 0 Å². The summed E-state index contributed by atoms with van der Waals surface area (Å²) in [6.45, 7) is 4.24. The molecule has 0 spiro atoms. The van der Waals surface area contributed by atoms with Crippen LogP contribution >= 0.6 is 15.9 Å². The molecule has 0 aliphatic heterocycles. The second-order valence-electron chi connectivity index (χ2n) is 4.46. The quantitative estimate of drug-likeness (QED) is 0.901. The fraction of sp³-hybridized carbons (Fsp3) is 0.286. The number of H-pyrrole nitrogens is 1. The Morgan fingerprint density at radius 1 is 1.40 bits per heavy atom. The fourth-order valence-electron chi connectivity index (χ4n) is 1.78. The summed E-state index contributed by atoms with van der Waals surface area (Å²) >= 11 is 3.35. The highest BCUT2D eigenvalue weighted by molar-refractivity contribution is 9.10. The number of rotatable bonds is 4. The lowest BCUT2D eigenvalue weighted by molar-refractivity contribution is 0.0949. The van der Waals surface area contributed by atoms with Gasteiger partial charge in [-0.05, 0) is 32.0 Å². The largest absolute Gasteiger partial charge is 0.497 e. The molecule has 2 N–H and O–H groups in total. The van der Waals surface area contributed by atoms with E-state index in [0.717, 1.165) is 21.7 Å². The maximum atomic E-state index is 12.1. The minimum atomic E-state index is -0.170. The zero-order valence-corrected chi connectivity index (χ0v) is 13.2. The molecule has 1 aromatic heterocycles. The Balaban J connectivity index is 2.06. The van der Waals surface area contributed by atoms with Crippen LogP contribution in [0.5, 0.6) is 5.75 Å². The van der Waals surface area contributed by atoms with Crippen molar-refractivity contribution in [1.29, 1.82) is 0 Å². The van der Waals surface area contributed by atoms with E-state index in [1.165, 1.54) is 0 Å². The summed E-state index contributed by atoms with van der Waals surface area (Å²) in [6.07, 6.45) is 0. The van der Waals surface area contributed by atoms with E-state index < -0.39 is 0 Å². The first-order valence-corrected chi connectivity index (χ1v) is 6.93. The van der Waals surface area contributed by atoms with Crippen molar-refractivity contribution in [2.24, 2.45) is 0 Å². The molecule has 6 heteroatoms. The molecule has 0 saturated carbocycles. The van der Waals surface area contributed by atoms with E-state index in [4.69, 9.17) is 4.74 Å². The Bertz CT molecular complexity index is 618. The van der Waals surface area contributed by atoms with E-state index in [0.29, 0.717) is 17.9 Å². The highest BCUT2D eigenvalue weighted by atomic mass is 79.9. The number of nitrogens with one attached hydrogen (secondary N) is 2. The monoisotopic (exact) mass is 337 g/mol. The van der Waals surface area contributed by atoms with Gasteiger partial charge >= 0.3 is 0 Å². The Labute approximate surface area is 125 Å². The smallest absolute Gasteiger partial charge is 0.251 e.